The quantitative estimate of drug-likeness (QED) is 0.731. The van der Waals surface area contributed by atoms with Crippen LogP contribution in [0, 0.1) is 0 Å². The molecule has 5 heteroatoms. The maximum atomic E-state index is 11.9. The van der Waals surface area contributed by atoms with E-state index in [9.17, 15) is 4.79 Å². The molecule has 19 heavy (non-hydrogen) atoms. The molecule has 2 fully saturated rings. The average Bonchev–Trinajstić information content (AvgIpc) is 2.93. The number of carbonyl (C=O) groups is 1. The predicted molar refractivity (Wildman–Crippen MR) is 75.1 cm³/mol. The molecule has 2 heterocycles. The summed E-state index contributed by atoms with van der Waals surface area (Å²) in [4.78, 5) is 13.9. The summed E-state index contributed by atoms with van der Waals surface area (Å²) in [7, 11) is 0. The zero-order chi connectivity index (χ0) is 13.5. The highest BCUT2D eigenvalue weighted by molar-refractivity contribution is 5.76. The van der Waals surface area contributed by atoms with E-state index in [0.717, 1.165) is 45.8 Å². The summed E-state index contributed by atoms with van der Waals surface area (Å²) in [6, 6.07) is 0.871. The maximum Gasteiger partial charge on any atom is 0.223 e. The van der Waals surface area contributed by atoms with E-state index < -0.39 is 0 Å². The van der Waals surface area contributed by atoms with Gasteiger partial charge in [0.2, 0.25) is 5.91 Å². The Morgan fingerprint density at radius 1 is 1.47 bits per heavy atom. The number of likely N-dealkylation sites (tertiary alicyclic amines) is 1. The summed E-state index contributed by atoms with van der Waals surface area (Å²) in [5, 5.41) is 6.89. The van der Waals surface area contributed by atoms with E-state index in [4.69, 9.17) is 4.74 Å². The molecule has 2 N–H and O–H groups in total. The molecule has 0 aliphatic carbocycles. The molecule has 2 atom stereocenters. The van der Waals surface area contributed by atoms with Gasteiger partial charge in [0, 0.05) is 44.7 Å². The normalized spacial score (nSPS) is 25.5. The van der Waals surface area contributed by atoms with Crippen molar-refractivity contribution in [3.05, 3.63) is 0 Å². The van der Waals surface area contributed by atoms with Crippen LogP contribution in [-0.2, 0) is 9.53 Å². The second-order valence-electron chi connectivity index (χ2n) is 5.65. The standard InChI is InChI=1S/C14H27N3O2/c1-12(10-13-11-19-9-6-16-13)15-5-4-14(18)17-7-2-3-8-17/h12-13,15-16H,2-11H2,1H3. The predicted octanol–water partition coefficient (Wildman–Crippen LogP) is 0.356. The first-order valence-electron chi connectivity index (χ1n) is 7.58. The van der Waals surface area contributed by atoms with Crippen LogP contribution in [0.3, 0.4) is 0 Å². The van der Waals surface area contributed by atoms with Crippen LogP contribution in [-0.4, -0.2) is 62.3 Å². The molecule has 0 aromatic rings. The first kappa shape index (κ1) is 14.8. The van der Waals surface area contributed by atoms with E-state index in [0.29, 0.717) is 24.4 Å². The molecule has 2 aliphatic rings. The second kappa shape index (κ2) is 7.82. The third-order valence-electron chi connectivity index (χ3n) is 3.93. The van der Waals surface area contributed by atoms with Crippen molar-refractivity contribution in [3.8, 4) is 0 Å². The Morgan fingerprint density at radius 2 is 2.26 bits per heavy atom. The van der Waals surface area contributed by atoms with Crippen LogP contribution in [0.15, 0.2) is 0 Å². The van der Waals surface area contributed by atoms with Gasteiger partial charge in [0.1, 0.15) is 0 Å². The van der Waals surface area contributed by atoms with Crippen LogP contribution >= 0.6 is 0 Å². The van der Waals surface area contributed by atoms with Gasteiger partial charge in [0.15, 0.2) is 0 Å². The zero-order valence-corrected chi connectivity index (χ0v) is 12.0. The number of rotatable bonds is 6. The summed E-state index contributed by atoms with van der Waals surface area (Å²) in [5.74, 6) is 0.302. The van der Waals surface area contributed by atoms with Crippen LogP contribution in [0.1, 0.15) is 32.6 Å². The summed E-state index contributed by atoms with van der Waals surface area (Å²) in [6.45, 7) is 7.45. The van der Waals surface area contributed by atoms with Crippen molar-refractivity contribution < 1.29 is 9.53 Å². The van der Waals surface area contributed by atoms with Crippen molar-refractivity contribution in [2.75, 3.05) is 39.4 Å². The van der Waals surface area contributed by atoms with E-state index in [2.05, 4.69) is 17.6 Å². The first-order chi connectivity index (χ1) is 9.25. The highest BCUT2D eigenvalue weighted by Gasteiger charge is 2.18. The molecule has 2 unspecified atom stereocenters. The third kappa shape index (κ3) is 5.09. The van der Waals surface area contributed by atoms with Crippen LogP contribution < -0.4 is 10.6 Å². The molecule has 2 saturated heterocycles. The van der Waals surface area contributed by atoms with Gasteiger partial charge in [-0.3, -0.25) is 4.79 Å². The van der Waals surface area contributed by atoms with Crippen molar-refractivity contribution in [3.63, 3.8) is 0 Å². The average molecular weight is 269 g/mol. The SMILES string of the molecule is CC(CC1COCCN1)NCCC(=O)N1CCCC1. The minimum absolute atomic E-state index is 0.302. The highest BCUT2D eigenvalue weighted by atomic mass is 16.5. The Kier molecular flexibility index (Phi) is 6.07. The van der Waals surface area contributed by atoms with Crippen LogP contribution in [0.4, 0.5) is 0 Å². The van der Waals surface area contributed by atoms with Gasteiger partial charge in [-0.1, -0.05) is 0 Å². The number of nitrogens with one attached hydrogen (secondary N) is 2. The lowest BCUT2D eigenvalue weighted by Crippen LogP contribution is -2.45. The van der Waals surface area contributed by atoms with Gasteiger partial charge < -0.3 is 20.3 Å². The maximum absolute atomic E-state index is 11.9. The van der Waals surface area contributed by atoms with E-state index in [1.54, 1.807) is 0 Å². The fraction of sp³-hybridized carbons (Fsp3) is 0.929. The molecule has 0 radical (unpaired) electrons. The van der Waals surface area contributed by atoms with Crippen LogP contribution in [0.25, 0.3) is 0 Å². The lowest BCUT2D eigenvalue weighted by molar-refractivity contribution is -0.130. The molecular weight excluding hydrogens is 242 g/mol. The van der Waals surface area contributed by atoms with Crippen LogP contribution in [0.5, 0.6) is 0 Å². The highest BCUT2D eigenvalue weighted by Crippen LogP contribution is 2.08. The Labute approximate surface area is 116 Å². The summed E-state index contributed by atoms with van der Waals surface area (Å²) < 4.78 is 5.44. The van der Waals surface area contributed by atoms with Crippen molar-refractivity contribution in [1.29, 1.82) is 0 Å². The molecule has 2 rings (SSSR count). The minimum atomic E-state index is 0.302. The summed E-state index contributed by atoms with van der Waals surface area (Å²) in [5.41, 5.74) is 0. The van der Waals surface area contributed by atoms with Crippen molar-refractivity contribution in [1.82, 2.24) is 15.5 Å². The second-order valence-corrected chi connectivity index (χ2v) is 5.65. The molecular formula is C14H27N3O2. The Hall–Kier alpha value is -0.650. The zero-order valence-electron chi connectivity index (χ0n) is 12.0. The van der Waals surface area contributed by atoms with Gasteiger partial charge in [-0.05, 0) is 26.2 Å². The van der Waals surface area contributed by atoms with Crippen molar-refractivity contribution in [2.45, 2.75) is 44.7 Å². The number of morpholine rings is 1. The van der Waals surface area contributed by atoms with E-state index in [1.165, 1.54) is 12.8 Å². The van der Waals surface area contributed by atoms with Crippen LogP contribution in [0.2, 0.25) is 0 Å². The monoisotopic (exact) mass is 269 g/mol. The molecule has 2 aliphatic heterocycles. The fourth-order valence-corrected chi connectivity index (χ4v) is 2.83. The molecule has 5 nitrogen and oxygen atoms in total. The Bertz CT molecular complexity index is 274. The van der Waals surface area contributed by atoms with E-state index in [1.807, 2.05) is 4.90 Å². The van der Waals surface area contributed by atoms with Crippen molar-refractivity contribution in [2.24, 2.45) is 0 Å². The largest absolute Gasteiger partial charge is 0.379 e. The third-order valence-corrected chi connectivity index (χ3v) is 3.93. The molecule has 0 bridgehead atoms. The number of amides is 1. The molecule has 1 amide bonds. The van der Waals surface area contributed by atoms with Gasteiger partial charge in [0.25, 0.3) is 0 Å². The van der Waals surface area contributed by atoms with Gasteiger partial charge in [0.05, 0.1) is 13.2 Å². The molecule has 0 saturated carbocycles. The Morgan fingerprint density at radius 3 is 2.95 bits per heavy atom. The number of carbonyl (C=O) groups excluding carboxylic acids is 1. The summed E-state index contributed by atoms with van der Waals surface area (Å²) in [6.07, 6.45) is 4.02. The number of ether oxygens (including phenoxy) is 1. The van der Waals surface area contributed by atoms with E-state index >= 15 is 0 Å². The van der Waals surface area contributed by atoms with Gasteiger partial charge >= 0.3 is 0 Å². The van der Waals surface area contributed by atoms with Gasteiger partial charge in [-0.25, -0.2) is 0 Å². The number of hydrogen-bond donors (Lipinski definition) is 2. The van der Waals surface area contributed by atoms with E-state index in [-0.39, 0.29) is 0 Å². The molecule has 0 aromatic heterocycles. The van der Waals surface area contributed by atoms with Gasteiger partial charge in [-0.2, -0.15) is 0 Å². The lowest BCUT2D eigenvalue weighted by Gasteiger charge is -2.26. The fourth-order valence-electron chi connectivity index (χ4n) is 2.83. The minimum Gasteiger partial charge on any atom is -0.379 e. The molecule has 0 spiro atoms. The molecule has 0 aromatic carbocycles. The summed E-state index contributed by atoms with van der Waals surface area (Å²) >= 11 is 0. The first-order valence-corrected chi connectivity index (χ1v) is 7.58. The lowest BCUT2D eigenvalue weighted by atomic mass is 10.1. The Balaban J connectivity index is 1.55. The number of hydrogen-bond acceptors (Lipinski definition) is 4. The topological polar surface area (TPSA) is 53.6 Å². The van der Waals surface area contributed by atoms with Gasteiger partial charge in [-0.15, -0.1) is 0 Å². The molecule has 110 valence electrons. The smallest absolute Gasteiger partial charge is 0.223 e. The number of nitrogens with zero attached hydrogens (tertiary/aromatic N) is 1. The van der Waals surface area contributed by atoms with Crippen molar-refractivity contribution >= 4 is 5.91 Å².